The Kier molecular flexibility index (Phi) is 7.46. The topological polar surface area (TPSA) is 148 Å². The standard InChI is InChI=1S/C29H33F3N10O3/c1-15(18-6-5-7-18)33-22-21-23(36-24(35-22)25-38-28(43)45-40-25)37-27(41-13-4-3-8-20(41)26-34-16(2)39-44-26)42(21)14-17-9-11-19(12-10-17)29(30,31)32/h9-12,15,18,20,25,40H,3-8,13-14H2,1-2H3,(H,38,43)(H,33,35,36)/t15-,20?,25?/m1/s1. The van der Waals surface area contributed by atoms with Crippen LogP contribution in [0.4, 0.5) is 29.7 Å². The predicted molar refractivity (Wildman–Crippen MR) is 155 cm³/mol. The number of hydrogen-bond donors (Lipinski definition) is 3. The van der Waals surface area contributed by atoms with E-state index in [9.17, 15) is 18.0 Å². The number of fused-ring (bicyclic) bond motifs is 1. The number of rotatable bonds is 8. The Morgan fingerprint density at radius 3 is 2.51 bits per heavy atom. The molecule has 3 fully saturated rings. The molecule has 3 aromatic heterocycles. The molecule has 7 rings (SSSR count). The number of nitrogens with zero attached hydrogens (tertiary/aromatic N) is 7. The lowest BCUT2D eigenvalue weighted by atomic mass is 9.80. The molecular formula is C29H33F3N10O3. The number of alkyl halides is 3. The first-order valence-corrected chi connectivity index (χ1v) is 15.1. The first-order chi connectivity index (χ1) is 21.6. The summed E-state index contributed by atoms with van der Waals surface area (Å²) in [6, 6.07) is 4.93. The van der Waals surface area contributed by atoms with Crippen LogP contribution in [-0.4, -0.2) is 48.3 Å². The molecule has 3 atom stereocenters. The molecule has 0 radical (unpaired) electrons. The Bertz CT molecular complexity index is 1700. The summed E-state index contributed by atoms with van der Waals surface area (Å²) in [6.45, 7) is 4.70. The molecule has 45 heavy (non-hydrogen) atoms. The number of nitrogens with one attached hydrogen (secondary N) is 3. The number of hydrogen-bond acceptors (Lipinski definition) is 11. The molecule has 13 nitrogen and oxygen atoms in total. The number of hydroxylamine groups is 1. The highest BCUT2D eigenvalue weighted by Crippen LogP contribution is 2.39. The number of amides is 1. The van der Waals surface area contributed by atoms with Crippen LogP contribution in [0.3, 0.4) is 0 Å². The zero-order valence-corrected chi connectivity index (χ0v) is 24.8. The van der Waals surface area contributed by atoms with Gasteiger partial charge in [0.2, 0.25) is 11.8 Å². The lowest BCUT2D eigenvalue weighted by Crippen LogP contribution is -2.36. The van der Waals surface area contributed by atoms with Crippen LogP contribution < -0.4 is 21.0 Å². The molecule has 1 amide bonds. The van der Waals surface area contributed by atoms with Crippen LogP contribution in [0.5, 0.6) is 0 Å². The average molecular weight is 627 g/mol. The maximum atomic E-state index is 13.4. The second kappa shape index (κ2) is 11.5. The van der Waals surface area contributed by atoms with Gasteiger partial charge in [-0.1, -0.05) is 23.7 Å². The summed E-state index contributed by atoms with van der Waals surface area (Å²) in [5.74, 6) is 2.77. The number of anilines is 2. The summed E-state index contributed by atoms with van der Waals surface area (Å²) >= 11 is 0. The van der Waals surface area contributed by atoms with Gasteiger partial charge in [-0.15, -0.1) is 5.48 Å². The fourth-order valence-electron chi connectivity index (χ4n) is 6.18. The number of piperidine rings is 1. The van der Waals surface area contributed by atoms with E-state index in [1.165, 1.54) is 12.1 Å². The molecule has 238 valence electrons. The molecule has 2 aliphatic heterocycles. The van der Waals surface area contributed by atoms with Gasteiger partial charge >= 0.3 is 12.3 Å². The monoisotopic (exact) mass is 626 g/mol. The maximum Gasteiger partial charge on any atom is 0.427 e. The Labute approximate surface area is 255 Å². The summed E-state index contributed by atoms with van der Waals surface area (Å²) in [5.41, 5.74) is 3.49. The third-order valence-electron chi connectivity index (χ3n) is 8.82. The maximum absolute atomic E-state index is 13.4. The lowest BCUT2D eigenvalue weighted by Gasteiger charge is -2.34. The zero-order chi connectivity index (χ0) is 31.3. The molecular weight excluding hydrogens is 593 g/mol. The van der Waals surface area contributed by atoms with Crippen molar-refractivity contribution >= 4 is 29.0 Å². The van der Waals surface area contributed by atoms with Crippen LogP contribution >= 0.6 is 0 Å². The van der Waals surface area contributed by atoms with Crippen molar-refractivity contribution in [1.29, 1.82) is 0 Å². The molecule has 4 aromatic rings. The van der Waals surface area contributed by atoms with Crippen molar-refractivity contribution in [3.05, 3.63) is 52.9 Å². The SMILES string of the molecule is Cc1noc(C2CCCCN2c2nc3nc(C4NOC(=O)N4)nc(N[C@H](C)C4CCC4)c3n2Cc2ccc(C(F)(F)F)cc2)n1. The van der Waals surface area contributed by atoms with Gasteiger partial charge in [-0.25, -0.2) is 14.8 Å². The van der Waals surface area contributed by atoms with E-state index in [0.29, 0.717) is 52.7 Å². The Morgan fingerprint density at radius 2 is 1.87 bits per heavy atom. The summed E-state index contributed by atoms with van der Waals surface area (Å²) in [4.78, 5) is 37.9. The van der Waals surface area contributed by atoms with Crippen molar-refractivity contribution in [3.8, 4) is 0 Å². The highest BCUT2D eigenvalue weighted by atomic mass is 19.4. The summed E-state index contributed by atoms with van der Waals surface area (Å²) < 4.78 is 47.7. The molecule has 3 aliphatic rings. The van der Waals surface area contributed by atoms with Crippen molar-refractivity contribution in [2.75, 3.05) is 16.8 Å². The zero-order valence-electron chi connectivity index (χ0n) is 24.8. The smallest absolute Gasteiger partial charge is 0.365 e. The Morgan fingerprint density at radius 1 is 1.07 bits per heavy atom. The van der Waals surface area contributed by atoms with Gasteiger partial charge in [0, 0.05) is 12.6 Å². The number of imidazole rings is 1. The first kappa shape index (κ1) is 29.3. The van der Waals surface area contributed by atoms with Gasteiger partial charge in [0.05, 0.1) is 12.1 Å². The Hall–Kier alpha value is -4.47. The van der Waals surface area contributed by atoms with Crippen LogP contribution in [0.15, 0.2) is 28.8 Å². The Balaban J connectivity index is 1.38. The molecule has 0 spiro atoms. The summed E-state index contributed by atoms with van der Waals surface area (Å²) in [5, 5.41) is 10.2. The molecule has 2 saturated heterocycles. The van der Waals surface area contributed by atoms with Crippen LogP contribution in [0.2, 0.25) is 0 Å². The van der Waals surface area contributed by atoms with E-state index < -0.39 is 24.0 Å². The van der Waals surface area contributed by atoms with Crippen LogP contribution in [0.25, 0.3) is 11.2 Å². The fourth-order valence-corrected chi connectivity index (χ4v) is 6.18. The van der Waals surface area contributed by atoms with Crippen molar-refractivity contribution in [2.45, 2.75) is 83.3 Å². The number of aryl methyl sites for hydroxylation is 1. The molecule has 2 unspecified atom stereocenters. The predicted octanol–water partition coefficient (Wildman–Crippen LogP) is 5.16. The van der Waals surface area contributed by atoms with E-state index >= 15 is 0 Å². The normalized spacial score (nSPS) is 21.4. The summed E-state index contributed by atoms with van der Waals surface area (Å²) in [7, 11) is 0. The van der Waals surface area contributed by atoms with Crippen molar-refractivity contribution < 1.29 is 27.3 Å². The van der Waals surface area contributed by atoms with Crippen LogP contribution in [0.1, 0.15) is 86.3 Å². The second-order valence-corrected chi connectivity index (χ2v) is 11.9. The van der Waals surface area contributed by atoms with Gasteiger partial charge in [0.1, 0.15) is 11.6 Å². The van der Waals surface area contributed by atoms with Gasteiger partial charge in [0.25, 0.3) is 0 Å². The van der Waals surface area contributed by atoms with Gasteiger partial charge in [-0.2, -0.15) is 23.1 Å². The van der Waals surface area contributed by atoms with E-state index in [-0.39, 0.29) is 24.5 Å². The number of aromatic nitrogens is 6. The number of carbonyl (C=O) groups is 1. The van der Waals surface area contributed by atoms with Crippen molar-refractivity contribution in [3.63, 3.8) is 0 Å². The highest BCUT2D eigenvalue weighted by molar-refractivity contribution is 5.86. The van der Waals surface area contributed by atoms with Crippen LogP contribution in [0, 0.1) is 12.8 Å². The highest BCUT2D eigenvalue weighted by Gasteiger charge is 2.35. The van der Waals surface area contributed by atoms with Gasteiger partial charge in [-0.3, -0.25) is 5.32 Å². The van der Waals surface area contributed by atoms with Crippen LogP contribution in [-0.2, 0) is 17.6 Å². The number of benzene rings is 1. The minimum Gasteiger partial charge on any atom is -0.365 e. The lowest BCUT2D eigenvalue weighted by molar-refractivity contribution is -0.137. The molecule has 0 bridgehead atoms. The van der Waals surface area contributed by atoms with E-state index in [2.05, 4.69) is 38.1 Å². The minimum atomic E-state index is -4.44. The van der Waals surface area contributed by atoms with E-state index in [1.807, 2.05) is 4.57 Å². The van der Waals surface area contributed by atoms with Gasteiger partial charge < -0.3 is 24.1 Å². The van der Waals surface area contributed by atoms with E-state index in [4.69, 9.17) is 24.3 Å². The number of halogens is 3. The second-order valence-electron chi connectivity index (χ2n) is 11.9. The third kappa shape index (κ3) is 5.74. The van der Waals surface area contributed by atoms with Gasteiger partial charge in [0.15, 0.2) is 29.3 Å². The largest absolute Gasteiger partial charge is 0.427 e. The minimum absolute atomic E-state index is 0.0778. The molecule has 1 aliphatic carbocycles. The quantitative estimate of drug-likeness (QED) is 0.238. The molecule has 1 saturated carbocycles. The average Bonchev–Trinajstić information content (AvgIpc) is 3.70. The van der Waals surface area contributed by atoms with Crippen molar-refractivity contribution in [1.82, 2.24) is 40.5 Å². The van der Waals surface area contributed by atoms with E-state index in [1.54, 1.807) is 6.92 Å². The van der Waals surface area contributed by atoms with Gasteiger partial charge in [-0.05, 0) is 69.6 Å². The molecule has 3 N–H and O–H groups in total. The first-order valence-electron chi connectivity index (χ1n) is 15.1. The molecule has 16 heteroatoms. The van der Waals surface area contributed by atoms with Crippen molar-refractivity contribution in [2.24, 2.45) is 5.92 Å². The molecule has 5 heterocycles. The third-order valence-corrected chi connectivity index (χ3v) is 8.82. The van der Waals surface area contributed by atoms with E-state index in [0.717, 1.165) is 50.7 Å². The number of carbonyl (C=O) groups excluding carboxylic acids is 1. The fraction of sp³-hybridized carbons (Fsp3) is 0.517. The summed E-state index contributed by atoms with van der Waals surface area (Å²) in [6.07, 6.45) is 0.0554. The molecule has 1 aromatic carbocycles.